The molecule has 0 bridgehead atoms. The number of fused-ring (bicyclic) bond motifs is 6. The number of hydrogen-bond donors (Lipinski definition) is 1. The number of methoxy groups -OCH3 is 1. The molecule has 0 radical (unpaired) electrons. The molecule has 1 saturated heterocycles. The van der Waals surface area contributed by atoms with Gasteiger partial charge < -0.3 is 19.5 Å². The third-order valence-corrected chi connectivity index (χ3v) is 7.23. The van der Waals surface area contributed by atoms with Crippen molar-refractivity contribution in [3.63, 3.8) is 0 Å². The highest BCUT2D eigenvalue weighted by atomic mass is 16.5. The largest absolute Gasteiger partial charge is 0.497 e. The van der Waals surface area contributed by atoms with Crippen LogP contribution in [0.4, 0.5) is 0 Å². The van der Waals surface area contributed by atoms with E-state index in [1.807, 2.05) is 30.5 Å². The zero-order valence-electron chi connectivity index (χ0n) is 18.2. The van der Waals surface area contributed by atoms with Crippen molar-refractivity contribution in [2.75, 3.05) is 33.8 Å². The average Bonchev–Trinajstić information content (AvgIpc) is 3.09. The number of hydrogen-bond acceptors (Lipinski definition) is 4. The SMILES string of the molecule is COc1ccc(-c2cc3c(cn2)CCc2c4c(n(C)c2-3)C2(CNC4=O)CN(C)C2)cc1. The maximum absolute atomic E-state index is 13.0. The third kappa shape index (κ3) is 2.54. The fourth-order valence-electron chi connectivity index (χ4n) is 5.95. The third-order valence-electron chi connectivity index (χ3n) is 7.23. The Morgan fingerprint density at radius 1 is 1.13 bits per heavy atom. The molecule has 1 aliphatic carbocycles. The van der Waals surface area contributed by atoms with Gasteiger partial charge in [0.25, 0.3) is 5.91 Å². The van der Waals surface area contributed by atoms with Crippen molar-refractivity contribution in [3.05, 3.63) is 58.9 Å². The maximum atomic E-state index is 13.0. The minimum atomic E-state index is 0.0239. The van der Waals surface area contributed by atoms with Gasteiger partial charge in [-0.25, -0.2) is 0 Å². The summed E-state index contributed by atoms with van der Waals surface area (Å²) in [6.45, 7) is 2.69. The standard InChI is InChI=1S/C25H26N4O2/c1-28-13-25(14-28)12-27-24(30)21-18-9-6-16-11-26-20(15-4-7-17(31-3)8-5-15)10-19(16)22(18)29(2)23(21)25/h4-5,7-8,10-11H,6,9,12-14H2,1-3H3,(H,27,30). The number of nitrogens with zero attached hydrogens (tertiary/aromatic N) is 3. The monoisotopic (exact) mass is 414 g/mol. The summed E-state index contributed by atoms with van der Waals surface area (Å²) in [5.74, 6) is 0.917. The number of likely N-dealkylation sites (N-methyl/N-ethyl adjacent to an activating group) is 1. The number of benzene rings is 1. The van der Waals surface area contributed by atoms with E-state index in [1.54, 1.807) is 7.11 Å². The summed E-state index contributed by atoms with van der Waals surface area (Å²) in [5.41, 5.74) is 9.01. The van der Waals surface area contributed by atoms with Gasteiger partial charge in [0.2, 0.25) is 0 Å². The lowest BCUT2D eigenvalue weighted by atomic mass is 9.72. The average molecular weight is 415 g/mol. The second-order valence-electron chi connectivity index (χ2n) is 9.20. The first-order chi connectivity index (χ1) is 15.0. The number of nitrogens with one attached hydrogen (secondary N) is 1. The first kappa shape index (κ1) is 18.6. The lowest BCUT2D eigenvalue weighted by molar-refractivity contribution is 0.0671. The van der Waals surface area contributed by atoms with E-state index >= 15 is 0 Å². The molecule has 2 aliphatic heterocycles. The van der Waals surface area contributed by atoms with E-state index in [1.165, 1.54) is 28.1 Å². The van der Waals surface area contributed by atoms with E-state index in [-0.39, 0.29) is 11.3 Å². The van der Waals surface area contributed by atoms with Crippen molar-refractivity contribution >= 4 is 5.91 Å². The van der Waals surface area contributed by atoms with Crippen LogP contribution in [0, 0.1) is 0 Å². The first-order valence-electron chi connectivity index (χ1n) is 10.8. The molecule has 1 spiro atoms. The van der Waals surface area contributed by atoms with Crippen LogP contribution >= 0.6 is 0 Å². The highest BCUT2D eigenvalue weighted by Gasteiger charge is 2.51. The summed E-state index contributed by atoms with van der Waals surface area (Å²) in [6.07, 6.45) is 3.81. The lowest BCUT2D eigenvalue weighted by Gasteiger charge is -2.51. The first-order valence-corrected chi connectivity index (χ1v) is 10.8. The predicted octanol–water partition coefficient (Wildman–Crippen LogP) is 2.79. The summed E-state index contributed by atoms with van der Waals surface area (Å²) in [4.78, 5) is 20.1. The molecule has 0 saturated carbocycles. The summed E-state index contributed by atoms with van der Waals surface area (Å²) in [7, 11) is 5.96. The number of pyridine rings is 1. The Morgan fingerprint density at radius 2 is 1.90 bits per heavy atom. The normalized spacial score (nSPS) is 18.6. The Morgan fingerprint density at radius 3 is 2.61 bits per heavy atom. The van der Waals surface area contributed by atoms with Crippen LogP contribution in [0.5, 0.6) is 5.75 Å². The van der Waals surface area contributed by atoms with Crippen molar-refractivity contribution in [2.24, 2.45) is 7.05 Å². The minimum absolute atomic E-state index is 0.0239. The quantitative estimate of drug-likeness (QED) is 0.701. The van der Waals surface area contributed by atoms with Crippen molar-refractivity contribution in [2.45, 2.75) is 18.3 Å². The summed E-state index contributed by atoms with van der Waals surface area (Å²) in [6, 6.07) is 10.2. The van der Waals surface area contributed by atoms with Crippen molar-refractivity contribution in [1.82, 2.24) is 19.8 Å². The molecule has 1 amide bonds. The Bertz CT molecular complexity index is 1220. The number of amides is 1. The Labute approximate surface area is 181 Å². The number of ether oxygens (including phenoxy) is 1. The van der Waals surface area contributed by atoms with Crippen molar-refractivity contribution in [1.29, 1.82) is 0 Å². The van der Waals surface area contributed by atoms with Gasteiger partial charge in [0.15, 0.2) is 0 Å². The molecule has 3 aliphatic rings. The number of likely N-dealkylation sites (tertiary alicyclic amines) is 1. The summed E-state index contributed by atoms with van der Waals surface area (Å²) >= 11 is 0. The van der Waals surface area contributed by atoms with Gasteiger partial charge in [0.1, 0.15) is 5.75 Å². The Balaban J connectivity index is 1.52. The molecule has 0 unspecified atom stereocenters. The number of aryl methyl sites for hydroxylation is 1. The fraction of sp³-hybridized carbons (Fsp3) is 0.360. The predicted molar refractivity (Wildman–Crippen MR) is 120 cm³/mol. The molecule has 4 heterocycles. The van der Waals surface area contributed by atoms with Crippen LogP contribution in [-0.4, -0.2) is 54.1 Å². The molecule has 2 aromatic heterocycles. The van der Waals surface area contributed by atoms with Crippen molar-refractivity contribution < 1.29 is 9.53 Å². The number of aromatic nitrogens is 2. The van der Waals surface area contributed by atoms with Crippen LogP contribution in [0.15, 0.2) is 36.5 Å². The molecular weight excluding hydrogens is 388 g/mol. The van der Waals surface area contributed by atoms with E-state index < -0.39 is 0 Å². The van der Waals surface area contributed by atoms with Gasteiger partial charge in [-0.2, -0.15) is 0 Å². The Kier molecular flexibility index (Phi) is 3.87. The van der Waals surface area contributed by atoms with Gasteiger partial charge in [0, 0.05) is 49.7 Å². The smallest absolute Gasteiger partial charge is 0.253 e. The molecule has 1 fully saturated rings. The zero-order valence-corrected chi connectivity index (χ0v) is 18.2. The lowest BCUT2D eigenvalue weighted by Crippen LogP contribution is -2.65. The maximum Gasteiger partial charge on any atom is 0.253 e. The Hall–Kier alpha value is -3.12. The second-order valence-corrected chi connectivity index (χ2v) is 9.20. The molecule has 6 nitrogen and oxygen atoms in total. The van der Waals surface area contributed by atoms with E-state index in [0.717, 1.165) is 55.0 Å². The molecule has 3 aromatic rings. The van der Waals surface area contributed by atoms with Crippen LogP contribution in [-0.2, 0) is 25.3 Å². The minimum Gasteiger partial charge on any atom is -0.497 e. The van der Waals surface area contributed by atoms with E-state index in [4.69, 9.17) is 9.72 Å². The molecule has 0 atom stereocenters. The molecule has 31 heavy (non-hydrogen) atoms. The second kappa shape index (κ2) is 6.44. The van der Waals surface area contributed by atoms with Crippen LogP contribution < -0.4 is 10.1 Å². The van der Waals surface area contributed by atoms with Crippen LogP contribution in [0.2, 0.25) is 0 Å². The highest BCUT2D eigenvalue weighted by molar-refractivity contribution is 6.01. The molecule has 1 N–H and O–H groups in total. The highest BCUT2D eigenvalue weighted by Crippen LogP contribution is 2.46. The molecule has 6 rings (SSSR count). The summed E-state index contributed by atoms with van der Waals surface area (Å²) in [5, 5.41) is 3.18. The van der Waals surface area contributed by atoms with Crippen LogP contribution in [0.3, 0.4) is 0 Å². The number of carbonyl (C=O) groups is 1. The van der Waals surface area contributed by atoms with Crippen LogP contribution in [0.1, 0.15) is 27.2 Å². The van der Waals surface area contributed by atoms with Gasteiger partial charge >= 0.3 is 0 Å². The van der Waals surface area contributed by atoms with Gasteiger partial charge in [-0.15, -0.1) is 0 Å². The van der Waals surface area contributed by atoms with Gasteiger partial charge in [-0.05, 0) is 61.3 Å². The van der Waals surface area contributed by atoms with Gasteiger partial charge in [-0.3, -0.25) is 9.78 Å². The molecule has 1 aromatic carbocycles. The molecule has 158 valence electrons. The van der Waals surface area contributed by atoms with Gasteiger partial charge in [0.05, 0.1) is 29.5 Å². The summed E-state index contributed by atoms with van der Waals surface area (Å²) < 4.78 is 7.60. The molecule has 6 heteroatoms. The topological polar surface area (TPSA) is 59.4 Å². The zero-order chi connectivity index (χ0) is 21.3. The van der Waals surface area contributed by atoms with E-state index in [0.29, 0.717) is 0 Å². The number of carbonyl (C=O) groups excluding carboxylic acids is 1. The molecular formula is C25H26N4O2. The van der Waals surface area contributed by atoms with Crippen LogP contribution in [0.25, 0.3) is 22.5 Å². The van der Waals surface area contributed by atoms with Gasteiger partial charge in [-0.1, -0.05) is 0 Å². The fourth-order valence-corrected chi connectivity index (χ4v) is 5.95. The number of rotatable bonds is 2. The van der Waals surface area contributed by atoms with E-state index in [9.17, 15) is 4.79 Å². The van der Waals surface area contributed by atoms with E-state index in [2.05, 4.69) is 34.9 Å². The van der Waals surface area contributed by atoms with Crippen molar-refractivity contribution in [3.8, 4) is 28.3 Å².